The molecule has 56 valence electrons. The van der Waals surface area contributed by atoms with Gasteiger partial charge in [-0.2, -0.15) is 13.2 Å². The maximum Gasteiger partial charge on any atom is 0.417 e. The molecule has 0 amide bonds. The third-order valence-corrected chi connectivity index (χ3v) is 1.91. The highest BCUT2D eigenvalue weighted by Gasteiger charge is 2.41. The minimum atomic E-state index is -4.68. The van der Waals surface area contributed by atoms with Gasteiger partial charge in [-0.1, -0.05) is 11.6 Å². The summed E-state index contributed by atoms with van der Waals surface area (Å²) < 4.78 is 41.3. The quantitative estimate of drug-likeness (QED) is 0.596. The van der Waals surface area contributed by atoms with Gasteiger partial charge in [-0.3, -0.25) is 5.14 Å². The minimum Gasteiger partial charge on any atom is -0.250 e. The summed E-state index contributed by atoms with van der Waals surface area (Å²) in [7, 11) is -2.54. The van der Waals surface area contributed by atoms with E-state index in [1.807, 2.05) is 0 Å². The van der Waals surface area contributed by atoms with Crippen LogP contribution in [0.4, 0.5) is 13.2 Å². The van der Waals surface area contributed by atoms with E-state index in [1.165, 1.54) is 0 Å². The van der Waals surface area contributed by atoms with Gasteiger partial charge in [0.15, 0.2) is 0 Å². The Bertz CT molecular complexity index is 125. The van der Waals surface area contributed by atoms with E-state index in [4.69, 9.17) is 0 Å². The molecule has 2 unspecified atom stereocenters. The lowest BCUT2D eigenvalue weighted by atomic mass is 10.8. The molecule has 0 heterocycles. The van der Waals surface area contributed by atoms with Crippen molar-refractivity contribution in [2.75, 3.05) is 0 Å². The average molecular weight is 182 g/mol. The first-order valence-electron chi connectivity index (χ1n) is 1.71. The lowest BCUT2D eigenvalue weighted by molar-refractivity contribution is -0.114. The standard InChI is InChI=1S/C2H3ClF3NOS/c3-1(9(7)8)2(4,5)6/h1H,7H2. The van der Waals surface area contributed by atoms with E-state index in [0.29, 0.717) is 0 Å². The molecule has 0 aliphatic rings. The largest absolute Gasteiger partial charge is 0.417 e. The van der Waals surface area contributed by atoms with Gasteiger partial charge >= 0.3 is 6.18 Å². The van der Waals surface area contributed by atoms with Crippen LogP contribution in [0.15, 0.2) is 0 Å². The Balaban J connectivity index is 4.04. The predicted molar refractivity (Wildman–Crippen MR) is 28.0 cm³/mol. The highest BCUT2D eigenvalue weighted by atomic mass is 35.5. The Hall–Kier alpha value is 0.190. The van der Waals surface area contributed by atoms with E-state index < -0.39 is 21.9 Å². The molecule has 0 saturated heterocycles. The Morgan fingerprint density at radius 3 is 1.89 bits per heavy atom. The van der Waals surface area contributed by atoms with Crippen molar-refractivity contribution in [3.05, 3.63) is 0 Å². The smallest absolute Gasteiger partial charge is 0.250 e. The van der Waals surface area contributed by atoms with Crippen molar-refractivity contribution in [1.29, 1.82) is 0 Å². The van der Waals surface area contributed by atoms with Crippen molar-refractivity contribution in [2.24, 2.45) is 5.14 Å². The second-order valence-corrected chi connectivity index (χ2v) is 3.01. The molecule has 0 aromatic carbocycles. The zero-order valence-electron chi connectivity index (χ0n) is 3.98. The molecular formula is C2H3ClF3NOS. The first-order chi connectivity index (χ1) is 3.85. The molecule has 2 atom stereocenters. The monoisotopic (exact) mass is 181 g/mol. The van der Waals surface area contributed by atoms with Crippen molar-refractivity contribution in [3.63, 3.8) is 0 Å². The van der Waals surface area contributed by atoms with E-state index >= 15 is 0 Å². The topological polar surface area (TPSA) is 43.1 Å². The summed E-state index contributed by atoms with van der Waals surface area (Å²) in [6.45, 7) is 0. The van der Waals surface area contributed by atoms with Gasteiger partial charge in [-0.25, -0.2) is 4.21 Å². The van der Waals surface area contributed by atoms with Crippen LogP contribution in [0.5, 0.6) is 0 Å². The first-order valence-corrected chi connectivity index (χ1v) is 3.42. The summed E-state index contributed by atoms with van der Waals surface area (Å²) in [5, 5.41) is 4.34. The molecule has 2 N–H and O–H groups in total. The fourth-order valence-electron chi connectivity index (χ4n) is 0.132. The Morgan fingerprint density at radius 2 is 1.89 bits per heavy atom. The van der Waals surface area contributed by atoms with E-state index in [1.54, 1.807) is 0 Å². The van der Waals surface area contributed by atoms with Gasteiger partial charge in [0.2, 0.25) is 4.71 Å². The van der Waals surface area contributed by atoms with Crippen molar-refractivity contribution in [2.45, 2.75) is 10.9 Å². The lowest BCUT2D eigenvalue weighted by Gasteiger charge is -2.08. The molecule has 0 aliphatic carbocycles. The zero-order chi connectivity index (χ0) is 7.65. The molecule has 0 aromatic heterocycles. The fraction of sp³-hybridized carbons (Fsp3) is 1.00. The van der Waals surface area contributed by atoms with Crippen molar-refractivity contribution < 1.29 is 17.4 Å². The van der Waals surface area contributed by atoms with E-state index in [0.717, 1.165) is 0 Å². The van der Waals surface area contributed by atoms with Gasteiger partial charge in [0.1, 0.15) is 11.0 Å². The van der Waals surface area contributed by atoms with Crippen molar-refractivity contribution in [1.82, 2.24) is 0 Å². The SMILES string of the molecule is NS(=O)C(Cl)C(F)(F)F. The number of hydrogen-bond donors (Lipinski definition) is 1. The second kappa shape index (κ2) is 2.85. The molecule has 0 aliphatic heterocycles. The summed E-state index contributed by atoms with van der Waals surface area (Å²) in [5.74, 6) is 0. The van der Waals surface area contributed by atoms with Crippen LogP contribution in [0.1, 0.15) is 0 Å². The highest BCUT2D eigenvalue weighted by molar-refractivity contribution is 7.84. The maximum absolute atomic E-state index is 11.3. The van der Waals surface area contributed by atoms with Gasteiger partial charge < -0.3 is 0 Å². The van der Waals surface area contributed by atoms with Crippen LogP contribution in [-0.2, 0) is 11.0 Å². The summed E-state index contributed by atoms with van der Waals surface area (Å²) in [5.41, 5.74) is 0. The summed E-state index contributed by atoms with van der Waals surface area (Å²) in [4.78, 5) is 0. The van der Waals surface area contributed by atoms with Gasteiger partial charge in [-0.05, 0) is 0 Å². The second-order valence-electron chi connectivity index (χ2n) is 1.19. The number of alkyl halides is 4. The van der Waals surface area contributed by atoms with Crippen LogP contribution >= 0.6 is 11.6 Å². The molecule has 0 bridgehead atoms. The highest BCUT2D eigenvalue weighted by Crippen LogP contribution is 2.25. The van der Waals surface area contributed by atoms with E-state index in [9.17, 15) is 17.4 Å². The van der Waals surface area contributed by atoms with E-state index in [-0.39, 0.29) is 0 Å². The van der Waals surface area contributed by atoms with Crippen LogP contribution in [0.3, 0.4) is 0 Å². The molecule has 0 saturated carbocycles. The van der Waals surface area contributed by atoms with Crippen LogP contribution in [0.2, 0.25) is 0 Å². The predicted octanol–water partition coefficient (Wildman–Crippen LogP) is 0.736. The first kappa shape index (κ1) is 9.19. The van der Waals surface area contributed by atoms with Gasteiger partial charge in [0.25, 0.3) is 0 Å². The van der Waals surface area contributed by atoms with Crippen molar-refractivity contribution >= 4 is 22.6 Å². The molecule has 0 radical (unpaired) electrons. The molecular weight excluding hydrogens is 179 g/mol. The third kappa shape index (κ3) is 3.02. The van der Waals surface area contributed by atoms with Crippen LogP contribution < -0.4 is 5.14 Å². The molecule has 2 nitrogen and oxygen atoms in total. The summed E-state index contributed by atoms with van der Waals surface area (Å²) >= 11 is 4.54. The third-order valence-electron chi connectivity index (χ3n) is 0.461. The van der Waals surface area contributed by atoms with Crippen LogP contribution in [-0.4, -0.2) is 15.1 Å². The average Bonchev–Trinajstić information content (AvgIpc) is 1.62. The number of nitrogens with two attached hydrogens (primary N) is 1. The summed E-state index contributed by atoms with van der Waals surface area (Å²) in [6.07, 6.45) is -4.68. The van der Waals surface area contributed by atoms with Crippen LogP contribution in [0, 0.1) is 0 Å². The lowest BCUT2D eigenvalue weighted by Crippen LogP contribution is -2.31. The van der Waals surface area contributed by atoms with Gasteiger partial charge in [-0.15, -0.1) is 0 Å². The van der Waals surface area contributed by atoms with E-state index in [2.05, 4.69) is 16.7 Å². The van der Waals surface area contributed by atoms with Crippen molar-refractivity contribution in [3.8, 4) is 0 Å². The van der Waals surface area contributed by atoms with Gasteiger partial charge in [0, 0.05) is 0 Å². The molecule has 9 heavy (non-hydrogen) atoms. The number of rotatable bonds is 1. The maximum atomic E-state index is 11.3. The molecule has 0 aromatic rings. The fourth-order valence-corrected chi connectivity index (χ4v) is 0.395. The number of hydrogen-bond acceptors (Lipinski definition) is 1. The molecule has 0 fully saturated rings. The number of halogens is 4. The normalized spacial score (nSPS) is 19.2. The van der Waals surface area contributed by atoms with Gasteiger partial charge in [0.05, 0.1) is 0 Å². The summed E-state index contributed by atoms with van der Waals surface area (Å²) in [6, 6.07) is 0. The Kier molecular flexibility index (Phi) is 2.91. The Labute approximate surface area is 56.8 Å². The minimum absolute atomic E-state index is 2.46. The molecule has 0 spiro atoms. The molecule has 7 heteroatoms. The van der Waals surface area contributed by atoms with Crippen LogP contribution in [0.25, 0.3) is 0 Å². The zero-order valence-corrected chi connectivity index (χ0v) is 5.56. The molecule has 0 rings (SSSR count). The Morgan fingerprint density at radius 1 is 1.56 bits per heavy atom.